The summed E-state index contributed by atoms with van der Waals surface area (Å²) in [6.07, 6.45) is 5.41. The molecule has 1 aliphatic rings. The smallest absolute Gasteiger partial charge is 0.0790 e. The number of rotatable bonds is 4. The van der Waals surface area contributed by atoms with E-state index in [-0.39, 0.29) is 0 Å². The second kappa shape index (κ2) is 5.57. The van der Waals surface area contributed by atoms with Crippen molar-refractivity contribution in [2.45, 2.75) is 38.7 Å². The highest BCUT2D eigenvalue weighted by Gasteiger charge is 2.14. The molecule has 0 atom stereocenters. The lowest BCUT2D eigenvalue weighted by Gasteiger charge is -2.11. The summed E-state index contributed by atoms with van der Waals surface area (Å²) in [7, 11) is 0. The zero-order valence-corrected chi connectivity index (χ0v) is 8.23. The molecule has 0 spiro atoms. The number of hydrogen-bond acceptors (Lipinski definition) is 2. The Morgan fingerprint density at radius 1 is 1.58 bits per heavy atom. The molecule has 2 nitrogen and oxygen atoms in total. The Labute approximate surface area is 78.9 Å². The Morgan fingerprint density at radius 3 is 2.83 bits per heavy atom. The van der Waals surface area contributed by atoms with Crippen LogP contribution in [0.1, 0.15) is 32.6 Å². The Kier molecular flexibility index (Phi) is 4.66. The maximum Gasteiger partial charge on any atom is 0.0790 e. The maximum atomic E-state index is 5.49. The molecule has 1 N–H and O–H groups in total. The van der Waals surface area contributed by atoms with E-state index in [1.165, 1.54) is 25.7 Å². The topological polar surface area (TPSA) is 21.3 Å². The minimum atomic E-state index is 0.424. The normalized spacial score (nSPS) is 20.3. The van der Waals surface area contributed by atoms with Crippen LogP contribution in [-0.4, -0.2) is 12.6 Å². The van der Waals surface area contributed by atoms with Crippen molar-refractivity contribution in [3.8, 4) is 0 Å². The number of hydroxylamine groups is 1. The third-order valence-corrected chi connectivity index (χ3v) is 2.46. The van der Waals surface area contributed by atoms with Gasteiger partial charge < -0.3 is 0 Å². The predicted molar refractivity (Wildman–Crippen MR) is 51.0 cm³/mol. The Bertz CT molecular complexity index is 153. The Morgan fingerprint density at radius 2 is 2.25 bits per heavy atom. The molecular formula is C9H16ClNO. The van der Waals surface area contributed by atoms with Crippen LogP contribution in [0, 0.1) is 0 Å². The van der Waals surface area contributed by atoms with Crippen molar-refractivity contribution >= 4 is 11.6 Å². The van der Waals surface area contributed by atoms with E-state index in [0.717, 1.165) is 12.1 Å². The summed E-state index contributed by atoms with van der Waals surface area (Å²) in [5.41, 5.74) is 5.59. The molecule has 0 radical (unpaired) electrons. The van der Waals surface area contributed by atoms with E-state index in [2.05, 4.69) is 5.48 Å². The zero-order valence-electron chi connectivity index (χ0n) is 7.48. The van der Waals surface area contributed by atoms with Crippen LogP contribution in [-0.2, 0) is 4.84 Å². The van der Waals surface area contributed by atoms with Crippen molar-refractivity contribution in [1.29, 1.82) is 0 Å². The molecule has 0 unspecified atom stereocenters. The minimum Gasteiger partial charge on any atom is -0.298 e. The molecule has 0 aromatic heterocycles. The van der Waals surface area contributed by atoms with Crippen LogP contribution in [0.2, 0.25) is 0 Å². The van der Waals surface area contributed by atoms with Gasteiger partial charge in [0.1, 0.15) is 0 Å². The zero-order chi connectivity index (χ0) is 8.81. The molecule has 3 heteroatoms. The largest absolute Gasteiger partial charge is 0.298 e. The molecular weight excluding hydrogens is 174 g/mol. The van der Waals surface area contributed by atoms with E-state index < -0.39 is 0 Å². The van der Waals surface area contributed by atoms with E-state index >= 15 is 0 Å². The fourth-order valence-corrected chi connectivity index (χ4v) is 1.40. The van der Waals surface area contributed by atoms with Gasteiger partial charge in [-0.1, -0.05) is 24.4 Å². The number of hydrogen-bond donors (Lipinski definition) is 1. The Hall–Kier alpha value is -0.0500. The molecule has 1 fully saturated rings. The fourth-order valence-electron chi connectivity index (χ4n) is 1.32. The lowest BCUT2D eigenvalue weighted by Crippen LogP contribution is -2.23. The van der Waals surface area contributed by atoms with E-state index in [0.29, 0.717) is 6.10 Å². The molecule has 12 heavy (non-hydrogen) atoms. The second-order valence-electron chi connectivity index (χ2n) is 3.30. The van der Waals surface area contributed by atoms with Gasteiger partial charge in [0.25, 0.3) is 0 Å². The van der Waals surface area contributed by atoms with Crippen LogP contribution in [0.15, 0.2) is 11.1 Å². The number of nitrogens with one attached hydrogen (secondary N) is 1. The molecule has 1 aliphatic carbocycles. The fraction of sp³-hybridized carbons (Fsp3) is 0.778. The van der Waals surface area contributed by atoms with Gasteiger partial charge in [-0.05, 0) is 25.3 Å². The third-order valence-electron chi connectivity index (χ3n) is 2.09. The summed E-state index contributed by atoms with van der Waals surface area (Å²) in [5, 5.41) is 0. The summed E-state index contributed by atoms with van der Waals surface area (Å²) in [6, 6.07) is 0. The summed E-state index contributed by atoms with van der Waals surface area (Å²) in [5.74, 6) is 0. The molecule has 0 aromatic rings. The average molecular weight is 190 g/mol. The summed E-state index contributed by atoms with van der Waals surface area (Å²) < 4.78 is 0. The molecule has 1 rings (SSSR count). The number of halogens is 1. The van der Waals surface area contributed by atoms with Gasteiger partial charge in [-0.2, -0.15) is 5.48 Å². The van der Waals surface area contributed by atoms with Gasteiger partial charge in [0.05, 0.1) is 6.10 Å². The minimum absolute atomic E-state index is 0.424. The lowest BCUT2D eigenvalue weighted by atomic mass is 10.3. The van der Waals surface area contributed by atoms with E-state index in [9.17, 15) is 0 Å². The first kappa shape index (κ1) is 10.0. The van der Waals surface area contributed by atoms with Crippen molar-refractivity contribution in [3.63, 3.8) is 0 Å². The van der Waals surface area contributed by atoms with Gasteiger partial charge >= 0.3 is 0 Å². The van der Waals surface area contributed by atoms with Crippen molar-refractivity contribution in [3.05, 3.63) is 11.1 Å². The summed E-state index contributed by atoms with van der Waals surface area (Å²) >= 11 is 5.49. The molecule has 0 aliphatic heterocycles. The lowest BCUT2D eigenvalue weighted by molar-refractivity contribution is -0.0159. The molecule has 0 amide bonds. The molecule has 0 bridgehead atoms. The predicted octanol–water partition coefficient (Wildman–Crippen LogP) is 2.59. The van der Waals surface area contributed by atoms with Crippen molar-refractivity contribution in [1.82, 2.24) is 5.48 Å². The van der Waals surface area contributed by atoms with Crippen LogP contribution in [0.25, 0.3) is 0 Å². The van der Waals surface area contributed by atoms with E-state index in [1.807, 2.05) is 6.92 Å². The second-order valence-corrected chi connectivity index (χ2v) is 3.52. The first-order chi connectivity index (χ1) is 5.83. The van der Waals surface area contributed by atoms with Crippen LogP contribution >= 0.6 is 11.6 Å². The first-order valence-corrected chi connectivity index (χ1v) is 4.91. The SMILES string of the molecule is CC(=CCl)CNOC1CCCC1. The van der Waals surface area contributed by atoms with Crippen molar-refractivity contribution in [2.24, 2.45) is 0 Å². The highest BCUT2D eigenvalue weighted by molar-refractivity contribution is 6.25. The molecule has 0 heterocycles. The van der Waals surface area contributed by atoms with Crippen molar-refractivity contribution in [2.75, 3.05) is 6.54 Å². The highest BCUT2D eigenvalue weighted by Crippen LogP contribution is 2.19. The maximum absolute atomic E-state index is 5.49. The molecule has 1 saturated carbocycles. The molecule has 0 aromatic carbocycles. The summed E-state index contributed by atoms with van der Waals surface area (Å²) in [4.78, 5) is 5.43. The highest BCUT2D eigenvalue weighted by atomic mass is 35.5. The van der Waals surface area contributed by atoms with Gasteiger partial charge in [-0.25, -0.2) is 0 Å². The third kappa shape index (κ3) is 3.57. The van der Waals surface area contributed by atoms with Gasteiger partial charge in [-0.3, -0.25) is 4.84 Å². The van der Waals surface area contributed by atoms with Crippen molar-refractivity contribution < 1.29 is 4.84 Å². The van der Waals surface area contributed by atoms with E-state index in [4.69, 9.17) is 16.4 Å². The van der Waals surface area contributed by atoms with Gasteiger partial charge in [-0.15, -0.1) is 0 Å². The molecule has 70 valence electrons. The van der Waals surface area contributed by atoms with Gasteiger partial charge in [0.2, 0.25) is 0 Å². The average Bonchev–Trinajstić information content (AvgIpc) is 2.57. The first-order valence-electron chi connectivity index (χ1n) is 4.47. The standard InChI is InChI=1S/C9H16ClNO/c1-8(6-10)7-11-12-9-4-2-3-5-9/h6,9,11H,2-5,7H2,1H3. The van der Waals surface area contributed by atoms with Crippen LogP contribution in [0.5, 0.6) is 0 Å². The van der Waals surface area contributed by atoms with Gasteiger partial charge in [0.15, 0.2) is 0 Å². The van der Waals surface area contributed by atoms with Crippen LogP contribution in [0.4, 0.5) is 0 Å². The van der Waals surface area contributed by atoms with E-state index in [1.54, 1.807) is 5.54 Å². The quantitative estimate of drug-likeness (QED) is 0.687. The Balaban J connectivity index is 2.01. The van der Waals surface area contributed by atoms with Crippen LogP contribution < -0.4 is 5.48 Å². The monoisotopic (exact) mass is 189 g/mol. The summed E-state index contributed by atoms with van der Waals surface area (Å²) in [6.45, 7) is 2.69. The molecule has 0 saturated heterocycles. The van der Waals surface area contributed by atoms with Crippen LogP contribution in [0.3, 0.4) is 0 Å². The van der Waals surface area contributed by atoms with Gasteiger partial charge in [0, 0.05) is 12.1 Å².